The van der Waals surface area contributed by atoms with E-state index in [1.54, 1.807) is 5.57 Å². The fourth-order valence-electron chi connectivity index (χ4n) is 1.27. The first-order valence-electron chi connectivity index (χ1n) is 4.18. The van der Waals surface area contributed by atoms with E-state index in [-0.39, 0.29) is 0 Å². The summed E-state index contributed by atoms with van der Waals surface area (Å²) in [5.41, 5.74) is 1.66. The second-order valence-corrected chi connectivity index (χ2v) is 4.10. The average molecular weight is 171 g/mol. The van der Waals surface area contributed by atoms with Gasteiger partial charge in [0.25, 0.3) is 0 Å². The van der Waals surface area contributed by atoms with E-state index in [9.17, 15) is 0 Å². The second kappa shape index (κ2) is 4.83. The summed E-state index contributed by atoms with van der Waals surface area (Å²) in [6.45, 7) is 2.41. The molecule has 0 saturated heterocycles. The lowest BCUT2D eigenvalue weighted by Crippen LogP contribution is -2.24. The molecule has 0 fully saturated rings. The molecule has 1 nitrogen and oxygen atoms in total. The Morgan fingerprint density at radius 2 is 2.45 bits per heavy atom. The van der Waals surface area contributed by atoms with Crippen LogP contribution in [0.3, 0.4) is 0 Å². The molecule has 2 heteroatoms. The first-order valence-corrected chi connectivity index (χ1v) is 5.57. The molecule has 0 radical (unpaired) electrons. The van der Waals surface area contributed by atoms with Crippen LogP contribution < -0.4 is 0 Å². The normalized spacial score (nSPS) is 20.0. The molecule has 0 saturated carbocycles. The predicted octanol–water partition coefficient (Wildman–Crippen LogP) is 2.00. The summed E-state index contributed by atoms with van der Waals surface area (Å²) in [6, 6.07) is 0. The largest absolute Gasteiger partial charge is 0.302 e. The van der Waals surface area contributed by atoms with Gasteiger partial charge in [0.2, 0.25) is 0 Å². The van der Waals surface area contributed by atoms with Crippen LogP contribution in [0.1, 0.15) is 12.8 Å². The molecule has 0 unspecified atom stereocenters. The summed E-state index contributed by atoms with van der Waals surface area (Å²) in [5, 5.41) is 0. The third kappa shape index (κ3) is 3.30. The zero-order valence-corrected chi connectivity index (χ0v) is 8.28. The van der Waals surface area contributed by atoms with Crippen LogP contribution in [-0.2, 0) is 0 Å². The molecule has 0 bridgehead atoms. The molecule has 0 aliphatic carbocycles. The van der Waals surface area contributed by atoms with Crippen molar-refractivity contribution >= 4 is 11.8 Å². The van der Waals surface area contributed by atoms with E-state index in [2.05, 4.69) is 24.3 Å². The maximum absolute atomic E-state index is 2.39. The van der Waals surface area contributed by atoms with Crippen LogP contribution in [0.15, 0.2) is 11.6 Å². The van der Waals surface area contributed by atoms with Gasteiger partial charge >= 0.3 is 0 Å². The summed E-state index contributed by atoms with van der Waals surface area (Å²) < 4.78 is 0. The highest BCUT2D eigenvalue weighted by molar-refractivity contribution is 7.98. The number of nitrogens with zero attached hydrogens (tertiary/aromatic N) is 1. The molecular weight excluding hydrogens is 154 g/mol. The summed E-state index contributed by atoms with van der Waals surface area (Å²) in [7, 11) is 2.18. The Morgan fingerprint density at radius 1 is 1.64 bits per heavy atom. The zero-order chi connectivity index (χ0) is 8.10. The van der Waals surface area contributed by atoms with Crippen LogP contribution in [0, 0.1) is 0 Å². The quantitative estimate of drug-likeness (QED) is 0.598. The molecule has 64 valence electrons. The lowest BCUT2D eigenvalue weighted by molar-refractivity contribution is 0.357. The number of hydrogen-bond donors (Lipinski definition) is 0. The van der Waals surface area contributed by atoms with Crippen molar-refractivity contribution in [2.75, 3.05) is 32.1 Å². The Kier molecular flexibility index (Phi) is 4.02. The Labute approximate surface area is 73.8 Å². The molecule has 1 heterocycles. The van der Waals surface area contributed by atoms with E-state index in [4.69, 9.17) is 0 Å². The summed E-state index contributed by atoms with van der Waals surface area (Å²) in [5.74, 6) is 1.29. The second-order valence-electron chi connectivity index (χ2n) is 3.12. The van der Waals surface area contributed by atoms with Crippen LogP contribution in [0.4, 0.5) is 0 Å². The van der Waals surface area contributed by atoms with Crippen molar-refractivity contribution in [1.82, 2.24) is 4.90 Å². The minimum atomic E-state index is 1.16. The lowest BCUT2D eigenvalue weighted by atomic mass is 10.1. The van der Waals surface area contributed by atoms with Crippen molar-refractivity contribution in [2.24, 2.45) is 0 Å². The highest BCUT2D eigenvalue weighted by atomic mass is 32.2. The maximum atomic E-state index is 2.39. The summed E-state index contributed by atoms with van der Waals surface area (Å²) in [6.07, 6.45) is 7.15. The van der Waals surface area contributed by atoms with Gasteiger partial charge in [-0.05, 0) is 31.9 Å². The lowest BCUT2D eigenvalue weighted by Gasteiger charge is -2.21. The minimum Gasteiger partial charge on any atom is -0.302 e. The van der Waals surface area contributed by atoms with Gasteiger partial charge in [-0.25, -0.2) is 0 Å². The fourth-order valence-corrected chi connectivity index (χ4v) is 1.74. The van der Waals surface area contributed by atoms with Gasteiger partial charge < -0.3 is 4.90 Å². The number of thioether (sulfide) groups is 1. The van der Waals surface area contributed by atoms with Gasteiger partial charge in [-0.3, -0.25) is 0 Å². The summed E-state index contributed by atoms with van der Waals surface area (Å²) in [4.78, 5) is 2.36. The predicted molar refractivity (Wildman–Crippen MR) is 53.2 cm³/mol. The van der Waals surface area contributed by atoms with Crippen molar-refractivity contribution in [3.05, 3.63) is 11.6 Å². The molecule has 0 atom stereocenters. The molecule has 1 rings (SSSR count). The van der Waals surface area contributed by atoms with E-state index in [0.717, 1.165) is 6.54 Å². The average Bonchev–Trinajstić information content (AvgIpc) is 2.04. The molecule has 1 aliphatic rings. The fraction of sp³-hybridized carbons (Fsp3) is 0.778. The number of likely N-dealkylation sites (N-methyl/N-ethyl adjacent to an activating group) is 1. The first kappa shape index (κ1) is 9.14. The van der Waals surface area contributed by atoms with Gasteiger partial charge in [0.05, 0.1) is 0 Å². The van der Waals surface area contributed by atoms with E-state index >= 15 is 0 Å². The Hall–Kier alpha value is 0.0500. The van der Waals surface area contributed by atoms with Crippen LogP contribution in [0.5, 0.6) is 0 Å². The van der Waals surface area contributed by atoms with Gasteiger partial charge in [-0.1, -0.05) is 11.6 Å². The summed E-state index contributed by atoms with van der Waals surface area (Å²) >= 11 is 1.94. The van der Waals surface area contributed by atoms with Crippen LogP contribution in [0.25, 0.3) is 0 Å². The van der Waals surface area contributed by atoms with E-state index < -0.39 is 0 Å². The molecule has 0 aromatic heterocycles. The smallest absolute Gasteiger partial charge is 0.0162 e. The van der Waals surface area contributed by atoms with E-state index in [1.165, 1.54) is 25.1 Å². The molecule has 11 heavy (non-hydrogen) atoms. The highest BCUT2D eigenvalue weighted by Gasteiger charge is 2.06. The molecule has 1 aliphatic heterocycles. The van der Waals surface area contributed by atoms with Crippen LogP contribution in [0.2, 0.25) is 0 Å². The molecule has 0 amide bonds. The van der Waals surface area contributed by atoms with Gasteiger partial charge in [0.15, 0.2) is 0 Å². The standard InChI is InChI=1S/C9H17NS/c1-10-6-3-9(4-7-10)5-8-11-2/h3H,4-8H2,1-2H3. The highest BCUT2D eigenvalue weighted by Crippen LogP contribution is 2.14. The van der Waals surface area contributed by atoms with Crippen molar-refractivity contribution < 1.29 is 0 Å². The number of hydrogen-bond acceptors (Lipinski definition) is 2. The molecule has 0 N–H and O–H groups in total. The van der Waals surface area contributed by atoms with Crippen molar-refractivity contribution in [2.45, 2.75) is 12.8 Å². The minimum absolute atomic E-state index is 1.16. The third-order valence-electron chi connectivity index (χ3n) is 2.13. The van der Waals surface area contributed by atoms with Gasteiger partial charge in [0.1, 0.15) is 0 Å². The Balaban J connectivity index is 2.24. The zero-order valence-electron chi connectivity index (χ0n) is 7.47. The SMILES string of the molecule is CSCCC1=CCN(C)CC1. The Morgan fingerprint density at radius 3 is 3.00 bits per heavy atom. The maximum Gasteiger partial charge on any atom is 0.0162 e. The van der Waals surface area contributed by atoms with Gasteiger partial charge in [-0.2, -0.15) is 11.8 Å². The van der Waals surface area contributed by atoms with Crippen LogP contribution >= 0.6 is 11.8 Å². The monoisotopic (exact) mass is 171 g/mol. The van der Waals surface area contributed by atoms with Gasteiger partial charge in [-0.15, -0.1) is 0 Å². The van der Waals surface area contributed by atoms with E-state index in [1.807, 2.05) is 11.8 Å². The molecular formula is C9H17NS. The van der Waals surface area contributed by atoms with Crippen molar-refractivity contribution in [1.29, 1.82) is 0 Å². The molecule has 0 aromatic carbocycles. The topological polar surface area (TPSA) is 3.24 Å². The molecule has 0 aromatic rings. The van der Waals surface area contributed by atoms with Gasteiger partial charge in [0, 0.05) is 13.1 Å². The third-order valence-corrected chi connectivity index (χ3v) is 2.75. The van der Waals surface area contributed by atoms with Crippen molar-refractivity contribution in [3.63, 3.8) is 0 Å². The van der Waals surface area contributed by atoms with Crippen LogP contribution in [-0.4, -0.2) is 37.0 Å². The first-order chi connectivity index (χ1) is 5.33. The molecule has 0 spiro atoms. The van der Waals surface area contributed by atoms with Crippen molar-refractivity contribution in [3.8, 4) is 0 Å². The van der Waals surface area contributed by atoms with E-state index in [0.29, 0.717) is 0 Å². The Bertz CT molecular complexity index is 142. The number of rotatable bonds is 3.